The number of pyridine rings is 1. The number of rotatable bonds is 4. The van der Waals surface area contributed by atoms with Gasteiger partial charge in [-0.1, -0.05) is 24.6 Å². The lowest BCUT2D eigenvalue weighted by Gasteiger charge is -2.12. The Balaban J connectivity index is 2.24. The summed E-state index contributed by atoms with van der Waals surface area (Å²) in [7, 11) is 1.90. The van der Waals surface area contributed by atoms with E-state index in [0.29, 0.717) is 6.42 Å². The maximum absolute atomic E-state index is 6.34. The van der Waals surface area contributed by atoms with Crippen molar-refractivity contribution in [3.05, 3.63) is 46.0 Å². The fourth-order valence-electron chi connectivity index (χ4n) is 2.15. The first-order valence-electron chi connectivity index (χ1n) is 6.40. The first kappa shape index (κ1) is 14.0. The van der Waals surface area contributed by atoms with Crippen molar-refractivity contribution in [2.45, 2.75) is 32.7 Å². The molecule has 2 aromatic heterocycles. The van der Waals surface area contributed by atoms with E-state index in [1.54, 1.807) is 0 Å². The van der Waals surface area contributed by atoms with Crippen molar-refractivity contribution in [2.24, 2.45) is 12.8 Å². The minimum atomic E-state index is -0.120. The number of hydrogen-bond donors (Lipinski definition) is 1. The number of hydrogen-bond acceptors (Lipinski definition) is 3. The van der Waals surface area contributed by atoms with Crippen LogP contribution in [0.15, 0.2) is 18.5 Å². The average molecular weight is 279 g/mol. The number of nitrogens with two attached hydrogens (primary N) is 1. The van der Waals surface area contributed by atoms with Gasteiger partial charge in [0.05, 0.1) is 16.4 Å². The molecule has 2 N–H and O–H groups in total. The maximum Gasteiger partial charge on any atom is 0.0850 e. The van der Waals surface area contributed by atoms with Gasteiger partial charge in [0.25, 0.3) is 0 Å². The van der Waals surface area contributed by atoms with Crippen LogP contribution >= 0.6 is 11.6 Å². The lowest BCUT2D eigenvalue weighted by atomic mass is 10.0. The van der Waals surface area contributed by atoms with Crippen molar-refractivity contribution in [1.29, 1.82) is 0 Å². The molecule has 0 bridgehead atoms. The maximum atomic E-state index is 6.34. The normalized spacial score (nSPS) is 12.7. The van der Waals surface area contributed by atoms with Crippen molar-refractivity contribution in [2.75, 3.05) is 0 Å². The molecule has 0 spiro atoms. The van der Waals surface area contributed by atoms with Gasteiger partial charge in [0.15, 0.2) is 0 Å². The fourth-order valence-corrected chi connectivity index (χ4v) is 2.52. The molecule has 2 aromatic rings. The predicted octanol–water partition coefficient (Wildman–Crippen LogP) is 2.58. The molecule has 4 nitrogen and oxygen atoms in total. The molecule has 0 fully saturated rings. The molecule has 19 heavy (non-hydrogen) atoms. The van der Waals surface area contributed by atoms with Gasteiger partial charge in [-0.15, -0.1) is 0 Å². The van der Waals surface area contributed by atoms with Gasteiger partial charge in [0.2, 0.25) is 0 Å². The third-order valence-corrected chi connectivity index (χ3v) is 3.68. The minimum absolute atomic E-state index is 0.120. The summed E-state index contributed by atoms with van der Waals surface area (Å²) in [6.07, 6.45) is 5.12. The summed E-state index contributed by atoms with van der Waals surface area (Å²) in [6.45, 7) is 4.05. The largest absolute Gasteiger partial charge is 0.324 e. The average Bonchev–Trinajstić information content (AvgIpc) is 2.66. The number of aromatic nitrogens is 3. The Morgan fingerprint density at radius 3 is 2.74 bits per heavy atom. The van der Waals surface area contributed by atoms with E-state index < -0.39 is 0 Å². The topological polar surface area (TPSA) is 56.7 Å². The second-order valence-corrected chi connectivity index (χ2v) is 5.17. The van der Waals surface area contributed by atoms with Crippen LogP contribution < -0.4 is 5.73 Å². The standard InChI is InChI=1S/C14H19ClN4/c1-4-12-14(15)13(19(3)18-12)6-11(16)10-5-9(2)7-17-8-10/h5,7-8,11H,4,6,16H2,1-3H3. The lowest BCUT2D eigenvalue weighted by Crippen LogP contribution is -2.16. The van der Waals surface area contributed by atoms with E-state index in [4.69, 9.17) is 17.3 Å². The van der Waals surface area contributed by atoms with Crippen LogP contribution in [-0.4, -0.2) is 14.8 Å². The summed E-state index contributed by atoms with van der Waals surface area (Å²) >= 11 is 6.34. The molecule has 0 amide bonds. The minimum Gasteiger partial charge on any atom is -0.324 e. The predicted molar refractivity (Wildman–Crippen MR) is 77.2 cm³/mol. The molecular formula is C14H19ClN4. The van der Waals surface area contributed by atoms with Crippen LogP contribution in [0.3, 0.4) is 0 Å². The third kappa shape index (κ3) is 2.96. The monoisotopic (exact) mass is 278 g/mol. The van der Waals surface area contributed by atoms with Crippen molar-refractivity contribution < 1.29 is 0 Å². The van der Waals surface area contributed by atoms with Crippen LogP contribution in [0.1, 0.15) is 35.5 Å². The molecule has 1 atom stereocenters. The van der Waals surface area contributed by atoms with E-state index in [2.05, 4.69) is 16.1 Å². The Labute approximate surface area is 118 Å². The van der Waals surface area contributed by atoms with Crippen LogP contribution in [0.25, 0.3) is 0 Å². The third-order valence-electron chi connectivity index (χ3n) is 3.24. The zero-order valence-corrected chi connectivity index (χ0v) is 12.3. The first-order chi connectivity index (χ1) is 9.02. The molecule has 2 rings (SSSR count). The SMILES string of the molecule is CCc1nn(C)c(CC(N)c2cncc(C)c2)c1Cl. The van der Waals surface area contributed by atoms with Crippen molar-refractivity contribution in [3.8, 4) is 0 Å². The zero-order valence-electron chi connectivity index (χ0n) is 11.5. The number of aryl methyl sites for hydroxylation is 3. The Morgan fingerprint density at radius 2 is 2.16 bits per heavy atom. The lowest BCUT2D eigenvalue weighted by molar-refractivity contribution is 0.636. The molecule has 0 aromatic carbocycles. The van der Waals surface area contributed by atoms with Crippen LogP contribution in [0.4, 0.5) is 0 Å². The van der Waals surface area contributed by atoms with Crippen LogP contribution in [0.2, 0.25) is 5.02 Å². The van der Waals surface area contributed by atoms with Gasteiger partial charge in [0.1, 0.15) is 0 Å². The quantitative estimate of drug-likeness (QED) is 0.935. The number of nitrogens with zero attached hydrogens (tertiary/aromatic N) is 3. The van der Waals surface area contributed by atoms with E-state index in [-0.39, 0.29) is 6.04 Å². The van der Waals surface area contributed by atoms with Gasteiger partial charge in [-0.2, -0.15) is 5.10 Å². The van der Waals surface area contributed by atoms with E-state index in [1.807, 2.05) is 38.0 Å². The van der Waals surface area contributed by atoms with E-state index in [9.17, 15) is 0 Å². The van der Waals surface area contributed by atoms with Crippen LogP contribution in [0.5, 0.6) is 0 Å². The van der Waals surface area contributed by atoms with Gasteiger partial charge < -0.3 is 5.73 Å². The highest BCUT2D eigenvalue weighted by molar-refractivity contribution is 6.31. The van der Waals surface area contributed by atoms with Gasteiger partial charge in [0, 0.05) is 31.9 Å². The zero-order chi connectivity index (χ0) is 14.0. The second kappa shape index (κ2) is 5.72. The Morgan fingerprint density at radius 1 is 1.42 bits per heavy atom. The Hall–Kier alpha value is -1.39. The summed E-state index contributed by atoms with van der Waals surface area (Å²) in [4.78, 5) is 4.18. The first-order valence-corrected chi connectivity index (χ1v) is 6.78. The second-order valence-electron chi connectivity index (χ2n) is 4.79. The fraction of sp³-hybridized carbons (Fsp3) is 0.429. The van der Waals surface area contributed by atoms with Gasteiger partial charge in [-0.05, 0) is 24.5 Å². The highest BCUT2D eigenvalue weighted by Crippen LogP contribution is 2.25. The van der Waals surface area contributed by atoms with Gasteiger partial charge in [-0.3, -0.25) is 9.67 Å². The molecule has 0 saturated carbocycles. The summed E-state index contributed by atoms with van der Waals surface area (Å²) in [6, 6.07) is 1.94. The van der Waals surface area contributed by atoms with Crippen LogP contribution in [-0.2, 0) is 19.9 Å². The molecule has 0 aliphatic heterocycles. The van der Waals surface area contributed by atoms with Crippen molar-refractivity contribution >= 4 is 11.6 Å². The molecule has 0 aliphatic rings. The summed E-state index contributed by atoms with van der Waals surface area (Å²) in [5.74, 6) is 0. The highest BCUT2D eigenvalue weighted by Gasteiger charge is 2.17. The number of halogens is 1. The summed E-state index contributed by atoms with van der Waals surface area (Å²) in [5, 5.41) is 5.14. The molecule has 0 aliphatic carbocycles. The van der Waals surface area contributed by atoms with Crippen LogP contribution in [0, 0.1) is 6.92 Å². The molecule has 0 radical (unpaired) electrons. The Kier molecular flexibility index (Phi) is 4.22. The van der Waals surface area contributed by atoms with Crippen molar-refractivity contribution in [1.82, 2.24) is 14.8 Å². The summed E-state index contributed by atoms with van der Waals surface area (Å²) in [5.41, 5.74) is 10.3. The molecule has 2 heterocycles. The van der Waals surface area contributed by atoms with Gasteiger partial charge in [-0.25, -0.2) is 0 Å². The molecule has 102 valence electrons. The van der Waals surface area contributed by atoms with E-state index in [0.717, 1.165) is 34.0 Å². The highest BCUT2D eigenvalue weighted by atomic mass is 35.5. The Bertz CT molecular complexity index is 577. The molecule has 1 unspecified atom stereocenters. The van der Waals surface area contributed by atoms with Gasteiger partial charge >= 0.3 is 0 Å². The van der Waals surface area contributed by atoms with E-state index in [1.165, 1.54) is 0 Å². The summed E-state index contributed by atoms with van der Waals surface area (Å²) < 4.78 is 1.82. The molecule has 5 heteroatoms. The molecular weight excluding hydrogens is 260 g/mol. The van der Waals surface area contributed by atoms with Crippen molar-refractivity contribution in [3.63, 3.8) is 0 Å². The smallest absolute Gasteiger partial charge is 0.0850 e. The van der Waals surface area contributed by atoms with E-state index >= 15 is 0 Å². The molecule has 0 saturated heterocycles.